The fourth-order valence-corrected chi connectivity index (χ4v) is 6.28. The number of hydrogen-bond acceptors (Lipinski definition) is 7. The van der Waals surface area contributed by atoms with Crippen molar-refractivity contribution in [1.29, 1.82) is 0 Å². The van der Waals surface area contributed by atoms with Gasteiger partial charge >= 0.3 is 0 Å². The molecule has 1 amide bonds. The Morgan fingerprint density at radius 2 is 2.10 bits per heavy atom. The van der Waals surface area contributed by atoms with Crippen molar-refractivity contribution in [3.63, 3.8) is 0 Å². The molecule has 3 aromatic rings. The third-order valence-corrected chi connectivity index (χ3v) is 8.11. The largest absolute Gasteiger partial charge is 0.348 e. The minimum atomic E-state index is 0.163. The van der Waals surface area contributed by atoms with E-state index in [1.54, 1.807) is 17.7 Å². The molecule has 8 heteroatoms. The monoisotopic (exact) mass is 439 g/mol. The van der Waals surface area contributed by atoms with Gasteiger partial charge in [-0.2, -0.15) is 4.98 Å². The van der Waals surface area contributed by atoms with Crippen LogP contribution in [0.4, 0.5) is 5.13 Å². The van der Waals surface area contributed by atoms with Gasteiger partial charge in [-0.3, -0.25) is 4.79 Å². The highest BCUT2D eigenvalue weighted by Gasteiger charge is 2.23. The number of anilines is 1. The van der Waals surface area contributed by atoms with Gasteiger partial charge in [0.15, 0.2) is 10.8 Å². The van der Waals surface area contributed by atoms with E-state index in [-0.39, 0.29) is 5.91 Å². The van der Waals surface area contributed by atoms with Gasteiger partial charge in [0.1, 0.15) is 16.1 Å². The van der Waals surface area contributed by atoms with E-state index in [1.165, 1.54) is 35.7 Å². The average Bonchev–Trinajstić information content (AvgIpc) is 3.22. The number of hydrogen-bond donors (Lipinski definition) is 0. The van der Waals surface area contributed by atoms with Gasteiger partial charge in [-0.05, 0) is 36.3 Å². The second-order valence-electron chi connectivity index (χ2n) is 8.14. The number of carbonyl (C=O) groups is 1. The molecule has 30 heavy (non-hydrogen) atoms. The molecule has 2 aliphatic heterocycles. The fourth-order valence-electron chi connectivity index (χ4n) is 4.25. The summed E-state index contributed by atoms with van der Waals surface area (Å²) in [7, 11) is 0. The number of benzene rings is 1. The number of thioether (sulfide) groups is 1. The molecule has 1 atom stereocenters. The molecule has 0 radical (unpaired) electrons. The molecule has 0 unspecified atom stereocenters. The van der Waals surface area contributed by atoms with Gasteiger partial charge in [-0.25, -0.2) is 9.97 Å². The number of carbonyl (C=O) groups excluding carboxylic acids is 1. The first-order valence-electron chi connectivity index (χ1n) is 10.5. The number of rotatable bonds is 4. The fraction of sp³-hybridized carbons (Fsp3) is 0.455. The molecule has 0 aliphatic carbocycles. The van der Waals surface area contributed by atoms with E-state index < -0.39 is 0 Å². The van der Waals surface area contributed by atoms with E-state index >= 15 is 0 Å². The predicted octanol–water partition coefficient (Wildman–Crippen LogP) is 4.00. The van der Waals surface area contributed by atoms with Crippen LogP contribution < -0.4 is 4.90 Å². The molecule has 0 saturated carbocycles. The van der Waals surface area contributed by atoms with Crippen molar-refractivity contribution in [2.24, 2.45) is 5.92 Å². The maximum Gasteiger partial charge on any atom is 0.233 e. The summed E-state index contributed by atoms with van der Waals surface area (Å²) in [6.45, 7) is 5.88. The van der Waals surface area contributed by atoms with Crippen molar-refractivity contribution < 1.29 is 4.79 Å². The topological polar surface area (TPSA) is 62.2 Å². The summed E-state index contributed by atoms with van der Waals surface area (Å²) in [5.74, 6) is 1.25. The second-order valence-corrected chi connectivity index (χ2v) is 10.1. The molecular weight excluding hydrogens is 414 g/mol. The number of nitrogens with zero attached hydrogens (tertiary/aromatic N) is 5. The zero-order valence-electron chi connectivity index (χ0n) is 17.1. The molecule has 0 bridgehead atoms. The van der Waals surface area contributed by atoms with Crippen molar-refractivity contribution in [3.8, 4) is 0 Å². The normalized spacial score (nSPS) is 19.2. The lowest BCUT2D eigenvalue weighted by Crippen LogP contribution is -2.37. The molecule has 1 fully saturated rings. The molecule has 4 heterocycles. The third kappa shape index (κ3) is 4.03. The minimum Gasteiger partial charge on any atom is -0.348 e. The highest BCUT2D eigenvalue weighted by Crippen LogP contribution is 2.35. The Hall–Kier alpha value is -2.19. The Balaban J connectivity index is 1.28. The summed E-state index contributed by atoms with van der Waals surface area (Å²) >= 11 is 3.16. The van der Waals surface area contributed by atoms with E-state index in [0.717, 1.165) is 46.6 Å². The van der Waals surface area contributed by atoms with Crippen molar-refractivity contribution in [2.75, 3.05) is 30.3 Å². The van der Waals surface area contributed by atoms with E-state index in [9.17, 15) is 4.79 Å². The molecule has 0 spiro atoms. The molecular formula is C22H25N5OS2. The van der Waals surface area contributed by atoms with Crippen LogP contribution in [0.3, 0.4) is 0 Å². The lowest BCUT2D eigenvalue weighted by Gasteiger charge is -2.30. The number of amides is 1. The van der Waals surface area contributed by atoms with Crippen LogP contribution in [0.1, 0.15) is 30.9 Å². The lowest BCUT2D eigenvalue weighted by molar-refractivity contribution is -0.129. The van der Waals surface area contributed by atoms with Crippen molar-refractivity contribution in [2.45, 2.75) is 37.8 Å². The first-order valence-corrected chi connectivity index (χ1v) is 12.3. The Morgan fingerprint density at radius 1 is 1.23 bits per heavy atom. The summed E-state index contributed by atoms with van der Waals surface area (Å²) in [5, 5.41) is 1.89. The molecule has 1 aromatic carbocycles. The molecule has 5 rings (SSSR count). The molecule has 2 aromatic heterocycles. The summed E-state index contributed by atoms with van der Waals surface area (Å²) in [6, 6.07) is 8.40. The van der Waals surface area contributed by atoms with Crippen LogP contribution in [-0.2, 0) is 17.8 Å². The van der Waals surface area contributed by atoms with Crippen molar-refractivity contribution in [1.82, 2.24) is 19.9 Å². The van der Waals surface area contributed by atoms with Gasteiger partial charge in [0, 0.05) is 26.2 Å². The quantitative estimate of drug-likeness (QED) is 0.452. The zero-order chi connectivity index (χ0) is 20.5. The SMILES string of the molecule is C[C@@H]1CCCN(c2nc3ncnc(SCC(=O)N4CCc5ccccc5C4)c3s2)C1. The van der Waals surface area contributed by atoms with Crippen LogP contribution in [0.25, 0.3) is 10.3 Å². The van der Waals surface area contributed by atoms with Gasteiger partial charge in [0.2, 0.25) is 5.91 Å². The van der Waals surface area contributed by atoms with Crippen LogP contribution in [0.15, 0.2) is 35.6 Å². The van der Waals surface area contributed by atoms with Gasteiger partial charge in [0.25, 0.3) is 0 Å². The minimum absolute atomic E-state index is 0.163. The third-order valence-electron chi connectivity index (χ3n) is 5.89. The Bertz CT molecular complexity index is 1070. The van der Waals surface area contributed by atoms with Gasteiger partial charge < -0.3 is 9.80 Å². The Morgan fingerprint density at radius 3 is 2.97 bits per heavy atom. The van der Waals surface area contributed by atoms with E-state index in [0.29, 0.717) is 18.2 Å². The van der Waals surface area contributed by atoms with Crippen molar-refractivity contribution >= 4 is 44.5 Å². The predicted molar refractivity (Wildman–Crippen MR) is 122 cm³/mol. The van der Waals surface area contributed by atoms with Gasteiger partial charge in [-0.15, -0.1) is 0 Å². The molecule has 2 aliphatic rings. The van der Waals surface area contributed by atoms with Crippen molar-refractivity contribution in [3.05, 3.63) is 41.7 Å². The van der Waals surface area contributed by atoms with E-state index in [4.69, 9.17) is 4.98 Å². The molecule has 1 saturated heterocycles. The Labute approximate surface area is 184 Å². The standard InChI is InChI=1S/C22H25N5OS2/c1-15-5-4-9-27(11-15)22-25-20-19(30-22)21(24-14-23-20)29-13-18(28)26-10-8-16-6-2-3-7-17(16)12-26/h2-3,6-7,14-15H,4-5,8-13H2,1H3/t15-/m1/s1. The zero-order valence-corrected chi connectivity index (χ0v) is 18.7. The summed E-state index contributed by atoms with van der Waals surface area (Å²) in [4.78, 5) is 30.8. The lowest BCUT2D eigenvalue weighted by atomic mass is 10.00. The highest BCUT2D eigenvalue weighted by atomic mass is 32.2. The van der Waals surface area contributed by atoms with Gasteiger partial charge in [0.05, 0.1) is 5.75 Å². The van der Waals surface area contributed by atoms with Gasteiger partial charge in [-0.1, -0.05) is 54.3 Å². The summed E-state index contributed by atoms with van der Waals surface area (Å²) in [5.41, 5.74) is 3.36. The highest BCUT2D eigenvalue weighted by molar-refractivity contribution is 8.00. The van der Waals surface area contributed by atoms with Crippen LogP contribution in [0, 0.1) is 5.92 Å². The second kappa shape index (κ2) is 8.51. The Kier molecular flexibility index (Phi) is 5.60. The van der Waals surface area contributed by atoms with E-state index in [1.807, 2.05) is 11.0 Å². The first-order chi connectivity index (χ1) is 14.7. The molecule has 0 N–H and O–H groups in total. The van der Waals surface area contributed by atoms with Crippen LogP contribution in [0.5, 0.6) is 0 Å². The van der Waals surface area contributed by atoms with E-state index in [2.05, 4.69) is 40.0 Å². The first kappa shape index (κ1) is 19.8. The molecule has 156 valence electrons. The summed E-state index contributed by atoms with van der Waals surface area (Å²) in [6.07, 6.45) is 4.98. The maximum atomic E-state index is 12.8. The average molecular weight is 440 g/mol. The number of piperidine rings is 1. The number of thiazole rings is 1. The number of aromatic nitrogens is 3. The van der Waals surface area contributed by atoms with Crippen LogP contribution in [0.2, 0.25) is 0 Å². The molecule has 6 nitrogen and oxygen atoms in total. The van der Waals surface area contributed by atoms with Crippen LogP contribution >= 0.6 is 23.1 Å². The maximum absolute atomic E-state index is 12.8. The van der Waals surface area contributed by atoms with Crippen LogP contribution in [-0.4, -0.2) is 51.1 Å². The number of fused-ring (bicyclic) bond motifs is 2. The smallest absolute Gasteiger partial charge is 0.233 e. The summed E-state index contributed by atoms with van der Waals surface area (Å²) < 4.78 is 0.993.